The zero-order valence-electron chi connectivity index (χ0n) is 12.8. The molecule has 0 N–H and O–H groups in total. The third kappa shape index (κ3) is 4.42. The van der Waals surface area contributed by atoms with Gasteiger partial charge in [0, 0.05) is 10.6 Å². The summed E-state index contributed by atoms with van der Waals surface area (Å²) < 4.78 is 5.90. The topological polar surface area (TPSA) is 26.3 Å². The molecule has 0 aliphatic heterocycles. The lowest BCUT2D eigenvalue weighted by atomic mass is 9.82. The van der Waals surface area contributed by atoms with E-state index in [1.165, 1.54) is 0 Å². The van der Waals surface area contributed by atoms with Crippen LogP contribution in [0.5, 0.6) is 0 Å². The standard InChI is InChI=1S/C18H23ClO2/c1-12(2)11-21-16-6-4-5-15(9-16)17-8-7-14(13(3)20)10-18(17)19/h7-8,10,15-16H,1,4-6,9,11H2,2-3H3. The molecule has 0 radical (unpaired) electrons. The van der Waals surface area contributed by atoms with Gasteiger partial charge in [-0.05, 0) is 50.7 Å². The molecule has 0 heterocycles. The highest BCUT2D eigenvalue weighted by molar-refractivity contribution is 6.31. The van der Waals surface area contributed by atoms with Gasteiger partial charge in [0.15, 0.2) is 5.78 Å². The lowest BCUT2D eigenvalue weighted by Gasteiger charge is -2.30. The van der Waals surface area contributed by atoms with Crippen LogP contribution in [0.4, 0.5) is 0 Å². The fraction of sp³-hybridized carbons (Fsp3) is 0.500. The van der Waals surface area contributed by atoms with E-state index in [9.17, 15) is 4.79 Å². The summed E-state index contributed by atoms with van der Waals surface area (Å²) in [4.78, 5) is 11.4. The van der Waals surface area contributed by atoms with Crippen molar-refractivity contribution < 1.29 is 9.53 Å². The minimum Gasteiger partial charge on any atom is -0.374 e. The Hall–Kier alpha value is -1.12. The predicted molar refractivity (Wildman–Crippen MR) is 87.2 cm³/mol. The van der Waals surface area contributed by atoms with E-state index in [0.29, 0.717) is 23.1 Å². The van der Waals surface area contributed by atoms with Gasteiger partial charge in [-0.25, -0.2) is 0 Å². The van der Waals surface area contributed by atoms with Gasteiger partial charge in [0.2, 0.25) is 0 Å². The van der Waals surface area contributed by atoms with Gasteiger partial charge >= 0.3 is 0 Å². The molecular weight excluding hydrogens is 284 g/mol. The number of rotatable bonds is 5. The van der Waals surface area contributed by atoms with Gasteiger partial charge in [-0.1, -0.05) is 42.3 Å². The van der Waals surface area contributed by atoms with Crippen molar-refractivity contribution in [3.63, 3.8) is 0 Å². The highest BCUT2D eigenvalue weighted by atomic mass is 35.5. The Morgan fingerprint density at radius 1 is 1.38 bits per heavy atom. The monoisotopic (exact) mass is 306 g/mol. The first-order valence-corrected chi connectivity index (χ1v) is 7.91. The molecule has 2 rings (SSSR count). The van der Waals surface area contributed by atoms with Crippen molar-refractivity contribution in [3.8, 4) is 0 Å². The summed E-state index contributed by atoms with van der Waals surface area (Å²) >= 11 is 6.37. The molecule has 21 heavy (non-hydrogen) atoms. The minimum absolute atomic E-state index is 0.0507. The largest absolute Gasteiger partial charge is 0.374 e. The van der Waals surface area contributed by atoms with Gasteiger partial charge in [-0.15, -0.1) is 0 Å². The number of hydrogen-bond acceptors (Lipinski definition) is 2. The van der Waals surface area contributed by atoms with Gasteiger partial charge in [-0.3, -0.25) is 4.79 Å². The van der Waals surface area contributed by atoms with E-state index in [4.69, 9.17) is 16.3 Å². The van der Waals surface area contributed by atoms with E-state index in [1.54, 1.807) is 13.0 Å². The summed E-state index contributed by atoms with van der Waals surface area (Å²) in [5.74, 6) is 0.470. The maximum Gasteiger partial charge on any atom is 0.159 e. The van der Waals surface area contributed by atoms with Crippen molar-refractivity contribution in [2.75, 3.05) is 6.61 Å². The van der Waals surface area contributed by atoms with Crippen molar-refractivity contribution in [1.29, 1.82) is 0 Å². The molecule has 114 valence electrons. The Labute approximate surface area is 132 Å². The number of ketones is 1. The Morgan fingerprint density at radius 2 is 2.14 bits per heavy atom. The molecule has 1 aromatic carbocycles. The number of ether oxygens (including phenoxy) is 1. The van der Waals surface area contributed by atoms with E-state index in [-0.39, 0.29) is 11.9 Å². The summed E-state index contributed by atoms with van der Waals surface area (Å²) in [6, 6.07) is 5.67. The first-order valence-electron chi connectivity index (χ1n) is 7.53. The van der Waals surface area contributed by atoms with E-state index in [2.05, 4.69) is 6.58 Å². The van der Waals surface area contributed by atoms with Crippen molar-refractivity contribution in [2.24, 2.45) is 0 Å². The Kier molecular flexibility index (Phi) is 5.60. The SMILES string of the molecule is C=C(C)COC1CCCC(c2ccc(C(C)=O)cc2Cl)C1. The molecule has 0 saturated heterocycles. The van der Waals surface area contributed by atoms with Gasteiger partial charge in [0.05, 0.1) is 12.7 Å². The average Bonchev–Trinajstić information content (AvgIpc) is 2.45. The van der Waals surface area contributed by atoms with E-state index < -0.39 is 0 Å². The Morgan fingerprint density at radius 3 is 2.76 bits per heavy atom. The quantitative estimate of drug-likeness (QED) is 0.554. The van der Waals surface area contributed by atoms with Gasteiger partial charge in [0.1, 0.15) is 0 Å². The van der Waals surface area contributed by atoms with Crippen LogP contribution < -0.4 is 0 Å². The number of carbonyl (C=O) groups excluding carboxylic acids is 1. The smallest absolute Gasteiger partial charge is 0.159 e. The Bertz CT molecular complexity index is 536. The van der Waals surface area contributed by atoms with Crippen LogP contribution in [0.2, 0.25) is 5.02 Å². The van der Waals surface area contributed by atoms with Crippen LogP contribution in [-0.4, -0.2) is 18.5 Å². The van der Waals surface area contributed by atoms with E-state index in [0.717, 1.165) is 36.8 Å². The molecule has 0 aromatic heterocycles. The van der Waals surface area contributed by atoms with Crippen LogP contribution in [-0.2, 0) is 4.74 Å². The number of halogens is 1. The molecule has 0 amide bonds. The zero-order valence-corrected chi connectivity index (χ0v) is 13.6. The molecule has 1 fully saturated rings. The molecule has 2 atom stereocenters. The van der Waals surface area contributed by atoms with Crippen LogP contribution in [0.3, 0.4) is 0 Å². The molecule has 1 saturated carbocycles. The van der Waals surface area contributed by atoms with Crippen molar-refractivity contribution in [1.82, 2.24) is 0 Å². The molecular formula is C18H23ClO2. The van der Waals surface area contributed by atoms with Crippen LogP contribution in [0.25, 0.3) is 0 Å². The molecule has 2 unspecified atom stereocenters. The third-order valence-corrected chi connectivity index (χ3v) is 4.37. The Balaban J connectivity index is 2.07. The molecule has 1 aliphatic carbocycles. The molecule has 3 heteroatoms. The zero-order chi connectivity index (χ0) is 15.4. The molecule has 2 nitrogen and oxygen atoms in total. The predicted octanol–water partition coefficient (Wildman–Crippen LogP) is 5.16. The maximum atomic E-state index is 11.4. The number of hydrogen-bond donors (Lipinski definition) is 0. The second-order valence-corrected chi connectivity index (χ2v) is 6.45. The van der Waals surface area contributed by atoms with Gasteiger partial charge in [0.25, 0.3) is 0 Å². The number of benzene rings is 1. The molecule has 1 aliphatic rings. The first-order chi connectivity index (χ1) is 9.97. The summed E-state index contributed by atoms with van der Waals surface area (Å²) in [6.07, 6.45) is 4.66. The number of Topliss-reactive ketones (excluding diaryl/α,β-unsaturated/α-hetero) is 1. The minimum atomic E-state index is 0.0507. The molecule has 0 bridgehead atoms. The van der Waals surface area contributed by atoms with E-state index >= 15 is 0 Å². The summed E-state index contributed by atoms with van der Waals surface area (Å²) in [6.45, 7) is 8.06. The normalized spacial score (nSPS) is 22.0. The summed E-state index contributed by atoms with van der Waals surface area (Å²) in [5.41, 5.74) is 2.88. The van der Waals surface area contributed by atoms with E-state index in [1.807, 2.05) is 19.1 Å². The average molecular weight is 307 g/mol. The summed E-state index contributed by atoms with van der Waals surface area (Å²) in [7, 11) is 0. The molecule has 1 aromatic rings. The second-order valence-electron chi connectivity index (χ2n) is 6.05. The lowest BCUT2D eigenvalue weighted by Crippen LogP contribution is -2.22. The van der Waals surface area contributed by atoms with Gasteiger partial charge in [-0.2, -0.15) is 0 Å². The van der Waals surface area contributed by atoms with Gasteiger partial charge < -0.3 is 4.74 Å². The highest BCUT2D eigenvalue weighted by Gasteiger charge is 2.25. The first kappa shape index (κ1) is 16.3. The lowest BCUT2D eigenvalue weighted by molar-refractivity contribution is 0.0366. The highest BCUT2D eigenvalue weighted by Crippen LogP contribution is 2.37. The van der Waals surface area contributed by atoms with Crippen molar-refractivity contribution in [3.05, 3.63) is 46.5 Å². The number of carbonyl (C=O) groups is 1. The fourth-order valence-corrected chi connectivity index (χ4v) is 3.25. The van der Waals surface area contributed by atoms with Crippen LogP contribution >= 0.6 is 11.6 Å². The fourth-order valence-electron chi connectivity index (χ4n) is 2.92. The van der Waals surface area contributed by atoms with Crippen LogP contribution in [0.1, 0.15) is 61.4 Å². The van der Waals surface area contributed by atoms with Crippen LogP contribution in [0.15, 0.2) is 30.4 Å². The summed E-state index contributed by atoms with van der Waals surface area (Å²) in [5, 5.41) is 0.702. The maximum absolute atomic E-state index is 11.4. The van der Waals surface area contributed by atoms with Crippen molar-refractivity contribution in [2.45, 2.75) is 51.6 Å². The van der Waals surface area contributed by atoms with Crippen molar-refractivity contribution >= 4 is 17.4 Å². The second kappa shape index (κ2) is 7.24. The molecule has 0 spiro atoms. The third-order valence-electron chi connectivity index (χ3n) is 4.04. The van der Waals surface area contributed by atoms with Crippen LogP contribution in [0, 0.1) is 0 Å².